The number of hydrogen-bond donors (Lipinski definition) is 1. The van der Waals surface area contributed by atoms with Crippen LogP contribution in [-0.2, 0) is 11.2 Å². The second-order valence-electron chi connectivity index (χ2n) is 3.26. The lowest BCUT2D eigenvalue weighted by molar-refractivity contribution is 0.0173. The van der Waals surface area contributed by atoms with Gasteiger partial charge >= 0.3 is 0 Å². The van der Waals surface area contributed by atoms with E-state index in [9.17, 15) is 8.78 Å². The second kappa shape index (κ2) is 6.49. The van der Waals surface area contributed by atoms with Crippen LogP contribution in [0.4, 0.5) is 8.78 Å². The van der Waals surface area contributed by atoms with Crippen molar-refractivity contribution in [3.63, 3.8) is 0 Å². The van der Waals surface area contributed by atoms with Crippen molar-refractivity contribution in [2.75, 3.05) is 20.3 Å². The molecule has 0 bridgehead atoms. The fraction of sp³-hybridized carbons (Fsp3) is 0.778. The minimum absolute atomic E-state index is 0.0248. The number of nitrogens with zero attached hydrogens (tertiary/aromatic N) is 2. The number of nitrogens with one attached hydrogen (secondary N) is 1. The Labute approximate surface area is 92.2 Å². The van der Waals surface area contributed by atoms with Gasteiger partial charge in [0.05, 0.1) is 12.6 Å². The molecule has 0 aliphatic carbocycles. The fourth-order valence-corrected chi connectivity index (χ4v) is 0.998. The summed E-state index contributed by atoms with van der Waals surface area (Å²) < 4.78 is 33.5. The van der Waals surface area contributed by atoms with E-state index in [4.69, 9.17) is 9.15 Å². The molecular weight excluding hydrogens is 220 g/mol. The molecule has 1 aromatic heterocycles. The van der Waals surface area contributed by atoms with E-state index >= 15 is 0 Å². The minimum atomic E-state index is -2.44. The average Bonchev–Trinajstić information content (AvgIpc) is 2.71. The van der Waals surface area contributed by atoms with Crippen LogP contribution in [0.1, 0.15) is 24.7 Å². The topological polar surface area (TPSA) is 60.2 Å². The molecule has 7 heteroatoms. The molecule has 1 rings (SSSR count). The summed E-state index contributed by atoms with van der Waals surface area (Å²) in [6.07, 6.45) is -2.10. The summed E-state index contributed by atoms with van der Waals surface area (Å²) in [6.45, 7) is 1.47. The van der Waals surface area contributed by atoms with E-state index in [1.54, 1.807) is 7.05 Å². The quantitative estimate of drug-likeness (QED) is 0.719. The van der Waals surface area contributed by atoms with Gasteiger partial charge in [-0.05, 0) is 14.0 Å². The molecule has 0 radical (unpaired) electrons. The Morgan fingerprint density at radius 3 is 2.81 bits per heavy atom. The van der Waals surface area contributed by atoms with Gasteiger partial charge in [0.15, 0.2) is 0 Å². The van der Waals surface area contributed by atoms with E-state index in [1.807, 2.05) is 6.92 Å². The van der Waals surface area contributed by atoms with Gasteiger partial charge in [-0.3, -0.25) is 0 Å². The molecule has 0 saturated carbocycles. The SMILES string of the molecule is CNC(C)c1nnc(CCOCC(F)F)o1. The number of alkyl halides is 2. The standard InChI is InChI=1S/C9H15F2N3O2/c1-6(12-2)9-14-13-8(16-9)3-4-15-5-7(10)11/h6-7,12H,3-5H2,1-2H3. The van der Waals surface area contributed by atoms with Crippen molar-refractivity contribution in [2.24, 2.45) is 0 Å². The fourth-order valence-electron chi connectivity index (χ4n) is 0.998. The molecule has 0 amide bonds. The third-order valence-electron chi connectivity index (χ3n) is 1.99. The monoisotopic (exact) mass is 235 g/mol. The Bertz CT molecular complexity index is 307. The largest absolute Gasteiger partial charge is 0.423 e. The van der Waals surface area contributed by atoms with Crippen molar-refractivity contribution in [1.29, 1.82) is 0 Å². The molecule has 0 aromatic carbocycles. The zero-order valence-corrected chi connectivity index (χ0v) is 9.24. The van der Waals surface area contributed by atoms with Crippen LogP contribution < -0.4 is 5.32 Å². The average molecular weight is 235 g/mol. The smallest absolute Gasteiger partial charge is 0.261 e. The lowest BCUT2D eigenvalue weighted by Crippen LogP contribution is -2.12. The minimum Gasteiger partial charge on any atom is -0.423 e. The van der Waals surface area contributed by atoms with Crippen LogP contribution in [-0.4, -0.2) is 36.9 Å². The highest BCUT2D eigenvalue weighted by molar-refractivity contribution is 4.87. The van der Waals surface area contributed by atoms with E-state index in [-0.39, 0.29) is 12.6 Å². The first-order valence-electron chi connectivity index (χ1n) is 4.99. The molecule has 5 nitrogen and oxygen atoms in total. The summed E-state index contributed by atoms with van der Waals surface area (Å²) in [5, 5.41) is 10.5. The molecule has 0 saturated heterocycles. The van der Waals surface area contributed by atoms with Crippen molar-refractivity contribution >= 4 is 0 Å². The lowest BCUT2D eigenvalue weighted by Gasteiger charge is -2.02. The van der Waals surface area contributed by atoms with Gasteiger partial charge in [-0.1, -0.05) is 0 Å². The maximum absolute atomic E-state index is 11.7. The Kier molecular flexibility index (Phi) is 5.27. The van der Waals surface area contributed by atoms with Gasteiger partial charge in [0, 0.05) is 6.42 Å². The van der Waals surface area contributed by atoms with E-state index < -0.39 is 13.0 Å². The second-order valence-corrected chi connectivity index (χ2v) is 3.26. The zero-order chi connectivity index (χ0) is 12.0. The molecule has 16 heavy (non-hydrogen) atoms. The first kappa shape index (κ1) is 13.0. The predicted octanol–water partition coefficient (Wildman–Crippen LogP) is 1.17. The van der Waals surface area contributed by atoms with Gasteiger partial charge in [0.25, 0.3) is 6.43 Å². The highest BCUT2D eigenvalue weighted by Crippen LogP contribution is 2.09. The van der Waals surface area contributed by atoms with E-state index in [1.165, 1.54) is 0 Å². The first-order chi connectivity index (χ1) is 7.63. The van der Waals surface area contributed by atoms with Crippen molar-refractivity contribution in [2.45, 2.75) is 25.8 Å². The van der Waals surface area contributed by atoms with Gasteiger partial charge in [0.2, 0.25) is 11.8 Å². The van der Waals surface area contributed by atoms with E-state index in [0.717, 1.165) is 0 Å². The van der Waals surface area contributed by atoms with Crippen LogP contribution in [0.5, 0.6) is 0 Å². The third-order valence-corrected chi connectivity index (χ3v) is 1.99. The number of aromatic nitrogens is 2. The van der Waals surface area contributed by atoms with Crippen LogP contribution in [0.25, 0.3) is 0 Å². The van der Waals surface area contributed by atoms with E-state index in [0.29, 0.717) is 18.2 Å². The van der Waals surface area contributed by atoms with Crippen LogP contribution >= 0.6 is 0 Å². The number of rotatable bonds is 7. The van der Waals surface area contributed by atoms with Crippen molar-refractivity contribution in [3.05, 3.63) is 11.8 Å². The van der Waals surface area contributed by atoms with Gasteiger partial charge in [-0.25, -0.2) is 8.78 Å². The molecule has 1 N–H and O–H groups in total. The molecule has 0 spiro atoms. The Morgan fingerprint density at radius 1 is 1.44 bits per heavy atom. The summed E-state index contributed by atoms with van der Waals surface area (Å²) in [5.74, 6) is 0.873. The van der Waals surface area contributed by atoms with Crippen molar-refractivity contribution < 1.29 is 17.9 Å². The highest BCUT2D eigenvalue weighted by Gasteiger charge is 2.11. The normalized spacial score (nSPS) is 13.3. The molecule has 0 fully saturated rings. The van der Waals surface area contributed by atoms with Gasteiger partial charge in [-0.15, -0.1) is 10.2 Å². The molecule has 1 unspecified atom stereocenters. The number of ether oxygens (including phenoxy) is 1. The summed E-state index contributed by atoms with van der Waals surface area (Å²) in [7, 11) is 1.78. The Balaban J connectivity index is 2.29. The summed E-state index contributed by atoms with van der Waals surface area (Å²) in [4.78, 5) is 0. The lowest BCUT2D eigenvalue weighted by atomic mass is 10.3. The summed E-state index contributed by atoms with van der Waals surface area (Å²) >= 11 is 0. The number of hydrogen-bond acceptors (Lipinski definition) is 5. The zero-order valence-electron chi connectivity index (χ0n) is 9.24. The van der Waals surface area contributed by atoms with Crippen LogP contribution in [0.3, 0.4) is 0 Å². The first-order valence-corrected chi connectivity index (χ1v) is 4.99. The molecule has 1 heterocycles. The predicted molar refractivity (Wildman–Crippen MR) is 52.3 cm³/mol. The third kappa shape index (κ3) is 4.19. The Morgan fingerprint density at radius 2 is 2.19 bits per heavy atom. The van der Waals surface area contributed by atoms with Gasteiger partial charge in [0.1, 0.15) is 6.61 Å². The van der Waals surface area contributed by atoms with Crippen molar-refractivity contribution in [3.8, 4) is 0 Å². The Hall–Kier alpha value is -1.08. The molecule has 1 atom stereocenters. The number of halogens is 2. The van der Waals surface area contributed by atoms with E-state index in [2.05, 4.69) is 15.5 Å². The van der Waals surface area contributed by atoms with Crippen LogP contribution in [0.15, 0.2) is 4.42 Å². The molecule has 92 valence electrons. The molecule has 0 aliphatic rings. The van der Waals surface area contributed by atoms with Gasteiger partial charge in [-0.2, -0.15) is 0 Å². The molecular formula is C9H15F2N3O2. The maximum Gasteiger partial charge on any atom is 0.261 e. The van der Waals surface area contributed by atoms with Gasteiger partial charge < -0.3 is 14.5 Å². The maximum atomic E-state index is 11.7. The molecule has 1 aromatic rings. The van der Waals surface area contributed by atoms with Crippen LogP contribution in [0, 0.1) is 0 Å². The van der Waals surface area contributed by atoms with Crippen LogP contribution in [0.2, 0.25) is 0 Å². The van der Waals surface area contributed by atoms with Crippen molar-refractivity contribution in [1.82, 2.24) is 15.5 Å². The molecule has 0 aliphatic heterocycles. The summed E-state index contributed by atoms with van der Waals surface area (Å²) in [6, 6.07) is -0.0248. The highest BCUT2D eigenvalue weighted by atomic mass is 19.3. The summed E-state index contributed by atoms with van der Waals surface area (Å²) in [5.41, 5.74) is 0.